The van der Waals surface area contributed by atoms with Crippen LogP contribution in [0.3, 0.4) is 0 Å². The molecule has 0 bridgehead atoms. The summed E-state index contributed by atoms with van der Waals surface area (Å²) in [6.07, 6.45) is 2.43. The number of carbonyl (C=O) groups is 2. The van der Waals surface area contributed by atoms with Crippen LogP contribution in [0.25, 0.3) is 0 Å². The molecule has 0 fully saturated rings. The van der Waals surface area contributed by atoms with Gasteiger partial charge in [-0.15, -0.1) is 0 Å². The summed E-state index contributed by atoms with van der Waals surface area (Å²) in [5.41, 5.74) is -0.413. The molecule has 0 radical (unpaired) electrons. The molecule has 2 N–H and O–H groups in total. The number of hydrogen-bond acceptors (Lipinski definition) is 6. The fraction of sp³-hybridized carbons (Fsp3) is 0.400. The minimum absolute atomic E-state index is 0.0902. The monoisotopic (exact) mass is 422 g/mol. The largest absolute Gasteiger partial charge is 0.474 e. The van der Waals surface area contributed by atoms with Crippen LogP contribution in [-0.2, 0) is 4.79 Å². The van der Waals surface area contributed by atoms with E-state index in [0.29, 0.717) is 6.54 Å². The standard InChI is InChI=1S/C20H24F2N4O4/c1-11(2)7-25-20(28)14-5-6-15(19(22)18(14)21)30-17-9-23-16(8-24-17)29-10-12(3)26-13(4)27/h5-6,8-9,11-12H,7,10H2,1-4H3,(H,25,28)(H,26,27)/t12-/m0/s1. The zero-order chi connectivity index (χ0) is 22.3. The molecule has 1 aromatic carbocycles. The summed E-state index contributed by atoms with van der Waals surface area (Å²) in [7, 11) is 0. The fourth-order valence-electron chi connectivity index (χ4n) is 2.32. The lowest BCUT2D eigenvalue weighted by molar-refractivity contribution is -0.119. The quantitative estimate of drug-likeness (QED) is 0.644. The molecular formula is C20H24F2N4O4. The Morgan fingerprint density at radius 3 is 2.33 bits per heavy atom. The lowest BCUT2D eigenvalue weighted by atomic mass is 10.1. The maximum Gasteiger partial charge on any atom is 0.254 e. The molecule has 30 heavy (non-hydrogen) atoms. The van der Waals surface area contributed by atoms with E-state index in [-0.39, 0.29) is 36.2 Å². The van der Waals surface area contributed by atoms with Gasteiger partial charge in [0.1, 0.15) is 6.61 Å². The first kappa shape index (κ1) is 23.0. The van der Waals surface area contributed by atoms with Crippen molar-refractivity contribution in [3.8, 4) is 17.5 Å². The molecule has 2 aromatic rings. The second-order valence-electron chi connectivity index (χ2n) is 7.05. The molecule has 0 saturated carbocycles. The maximum absolute atomic E-state index is 14.3. The maximum atomic E-state index is 14.3. The second-order valence-corrected chi connectivity index (χ2v) is 7.05. The van der Waals surface area contributed by atoms with E-state index in [9.17, 15) is 18.4 Å². The van der Waals surface area contributed by atoms with Gasteiger partial charge < -0.3 is 20.1 Å². The first-order valence-corrected chi connectivity index (χ1v) is 9.33. The Morgan fingerprint density at radius 2 is 1.73 bits per heavy atom. The zero-order valence-electron chi connectivity index (χ0n) is 17.2. The van der Waals surface area contributed by atoms with E-state index >= 15 is 0 Å². The van der Waals surface area contributed by atoms with Gasteiger partial charge in [-0.3, -0.25) is 9.59 Å². The molecule has 0 aliphatic rings. The van der Waals surface area contributed by atoms with Crippen LogP contribution in [0.4, 0.5) is 8.78 Å². The number of carbonyl (C=O) groups excluding carboxylic acids is 2. The highest BCUT2D eigenvalue weighted by molar-refractivity contribution is 5.94. The van der Waals surface area contributed by atoms with E-state index < -0.39 is 28.9 Å². The third kappa shape index (κ3) is 6.64. The Hall–Kier alpha value is -3.30. The average Bonchev–Trinajstić information content (AvgIpc) is 2.68. The first-order chi connectivity index (χ1) is 14.2. The molecule has 2 amide bonds. The molecule has 0 spiro atoms. The van der Waals surface area contributed by atoms with Gasteiger partial charge in [-0.1, -0.05) is 13.8 Å². The molecular weight excluding hydrogens is 398 g/mol. The van der Waals surface area contributed by atoms with Crippen molar-refractivity contribution in [2.45, 2.75) is 33.7 Å². The summed E-state index contributed by atoms with van der Waals surface area (Å²) < 4.78 is 39.2. The zero-order valence-corrected chi connectivity index (χ0v) is 17.2. The van der Waals surface area contributed by atoms with Gasteiger partial charge in [0.25, 0.3) is 5.91 Å². The van der Waals surface area contributed by atoms with Crippen molar-refractivity contribution < 1.29 is 27.8 Å². The summed E-state index contributed by atoms with van der Waals surface area (Å²) >= 11 is 0. The van der Waals surface area contributed by atoms with Crippen LogP contribution in [0.15, 0.2) is 24.5 Å². The van der Waals surface area contributed by atoms with Gasteiger partial charge in [0.2, 0.25) is 23.5 Å². The molecule has 2 rings (SSSR count). The van der Waals surface area contributed by atoms with Crippen LogP contribution in [0.1, 0.15) is 38.1 Å². The lowest BCUT2D eigenvalue weighted by Crippen LogP contribution is -2.35. The Kier molecular flexibility index (Phi) is 8.02. The summed E-state index contributed by atoms with van der Waals surface area (Å²) in [4.78, 5) is 30.8. The van der Waals surface area contributed by atoms with Gasteiger partial charge in [0, 0.05) is 13.5 Å². The Labute approximate surface area is 173 Å². The van der Waals surface area contributed by atoms with Crippen molar-refractivity contribution >= 4 is 11.8 Å². The molecule has 10 heteroatoms. The Bertz CT molecular complexity index is 891. The van der Waals surface area contributed by atoms with Gasteiger partial charge >= 0.3 is 0 Å². The van der Waals surface area contributed by atoms with E-state index in [2.05, 4.69) is 20.6 Å². The third-order valence-electron chi connectivity index (χ3n) is 3.71. The van der Waals surface area contributed by atoms with Crippen LogP contribution in [0.5, 0.6) is 17.5 Å². The molecule has 1 aromatic heterocycles. The molecule has 162 valence electrons. The number of halogens is 2. The topological polar surface area (TPSA) is 102 Å². The SMILES string of the molecule is CC(=O)N[C@@H](C)COc1cnc(Oc2ccc(C(=O)NCC(C)C)c(F)c2F)cn1. The number of nitrogens with one attached hydrogen (secondary N) is 2. The number of amides is 2. The molecule has 1 heterocycles. The number of nitrogens with zero attached hydrogens (tertiary/aromatic N) is 2. The van der Waals surface area contributed by atoms with Crippen LogP contribution < -0.4 is 20.1 Å². The van der Waals surface area contributed by atoms with Gasteiger partial charge in [0.15, 0.2) is 11.6 Å². The number of aromatic nitrogens is 2. The molecule has 1 atom stereocenters. The lowest BCUT2D eigenvalue weighted by Gasteiger charge is -2.13. The highest BCUT2D eigenvalue weighted by Gasteiger charge is 2.20. The average molecular weight is 422 g/mol. The van der Waals surface area contributed by atoms with E-state index in [1.165, 1.54) is 19.3 Å². The predicted molar refractivity (Wildman–Crippen MR) is 104 cm³/mol. The molecule has 0 saturated heterocycles. The number of ether oxygens (including phenoxy) is 2. The Balaban J connectivity index is 2.01. The van der Waals surface area contributed by atoms with Gasteiger partial charge in [0.05, 0.1) is 24.0 Å². The second kappa shape index (κ2) is 10.5. The van der Waals surface area contributed by atoms with E-state index in [1.807, 2.05) is 13.8 Å². The minimum atomic E-state index is -1.31. The van der Waals surface area contributed by atoms with Crippen molar-refractivity contribution in [2.24, 2.45) is 5.92 Å². The van der Waals surface area contributed by atoms with Crippen LogP contribution >= 0.6 is 0 Å². The summed E-state index contributed by atoms with van der Waals surface area (Å²) in [6, 6.07) is 2.05. The van der Waals surface area contributed by atoms with E-state index in [0.717, 1.165) is 12.1 Å². The number of benzene rings is 1. The molecule has 0 unspecified atom stereocenters. The van der Waals surface area contributed by atoms with Crippen molar-refractivity contribution in [2.75, 3.05) is 13.2 Å². The summed E-state index contributed by atoms with van der Waals surface area (Å²) in [6.45, 7) is 7.44. The molecule has 0 aliphatic heterocycles. The highest BCUT2D eigenvalue weighted by Crippen LogP contribution is 2.27. The van der Waals surface area contributed by atoms with Crippen LogP contribution in [0.2, 0.25) is 0 Å². The molecule has 0 aliphatic carbocycles. The smallest absolute Gasteiger partial charge is 0.254 e. The Morgan fingerprint density at radius 1 is 1.07 bits per heavy atom. The third-order valence-corrected chi connectivity index (χ3v) is 3.71. The van der Waals surface area contributed by atoms with Crippen LogP contribution in [-0.4, -0.2) is 41.0 Å². The van der Waals surface area contributed by atoms with Gasteiger partial charge in [-0.25, -0.2) is 14.4 Å². The summed E-state index contributed by atoms with van der Waals surface area (Å²) in [5.74, 6) is -3.69. The van der Waals surface area contributed by atoms with Crippen molar-refractivity contribution in [1.82, 2.24) is 20.6 Å². The van der Waals surface area contributed by atoms with Crippen molar-refractivity contribution in [1.29, 1.82) is 0 Å². The van der Waals surface area contributed by atoms with Gasteiger partial charge in [-0.2, -0.15) is 4.39 Å². The number of hydrogen-bond donors (Lipinski definition) is 2. The fourth-order valence-corrected chi connectivity index (χ4v) is 2.32. The van der Waals surface area contributed by atoms with Crippen molar-refractivity contribution in [3.63, 3.8) is 0 Å². The molecule has 8 nitrogen and oxygen atoms in total. The first-order valence-electron chi connectivity index (χ1n) is 9.33. The highest BCUT2D eigenvalue weighted by atomic mass is 19.2. The number of rotatable bonds is 9. The van der Waals surface area contributed by atoms with Crippen molar-refractivity contribution in [3.05, 3.63) is 41.7 Å². The van der Waals surface area contributed by atoms with Gasteiger partial charge in [-0.05, 0) is 25.0 Å². The normalized spacial score (nSPS) is 11.7. The summed E-state index contributed by atoms with van der Waals surface area (Å²) in [5, 5.41) is 5.18. The van der Waals surface area contributed by atoms with E-state index in [1.54, 1.807) is 6.92 Å². The minimum Gasteiger partial charge on any atom is -0.474 e. The predicted octanol–water partition coefficient (Wildman–Crippen LogP) is 2.84. The van der Waals surface area contributed by atoms with E-state index in [4.69, 9.17) is 9.47 Å². The van der Waals surface area contributed by atoms with Crippen LogP contribution in [0, 0.1) is 17.6 Å².